The molecule has 1 fully saturated rings. The first kappa shape index (κ1) is 30.7. The van der Waals surface area contributed by atoms with Crippen molar-refractivity contribution in [1.29, 1.82) is 0 Å². The lowest BCUT2D eigenvalue weighted by Gasteiger charge is -2.35. The lowest BCUT2D eigenvalue weighted by Crippen LogP contribution is -2.46. The molecule has 43 heavy (non-hydrogen) atoms. The number of benzene rings is 2. The molecule has 0 aliphatic carbocycles. The summed E-state index contributed by atoms with van der Waals surface area (Å²) in [6.07, 6.45) is -2.55. The molecule has 2 amide bonds. The number of fused-ring (bicyclic) bond motifs is 1. The van der Waals surface area contributed by atoms with Gasteiger partial charge in [-0.25, -0.2) is 4.98 Å². The number of nitrogens with zero attached hydrogens (tertiary/aromatic N) is 3. The van der Waals surface area contributed by atoms with E-state index in [2.05, 4.69) is 20.5 Å². The highest BCUT2D eigenvalue weighted by molar-refractivity contribution is 7.62. The molecule has 0 radical (unpaired) electrons. The van der Waals surface area contributed by atoms with Crippen LogP contribution in [0.4, 0.5) is 24.7 Å². The van der Waals surface area contributed by atoms with Crippen molar-refractivity contribution in [2.75, 3.05) is 63.0 Å². The fourth-order valence-electron chi connectivity index (χ4n) is 5.25. The van der Waals surface area contributed by atoms with E-state index in [1.165, 1.54) is 12.1 Å². The van der Waals surface area contributed by atoms with E-state index in [1.54, 1.807) is 43.8 Å². The maximum absolute atomic E-state index is 14.1. The van der Waals surface area contributed by atoms with Gasteiger partial charge in [0.1, 0.15) is 0 Å². The number of halogens is 3. The van der Waals surface area contributed by atoms with Gasteiger partial charge in [-0.1, -0.05) is 12.1 Å². The van der Waals surface area contributed by atoms with Crippen molar-refractivity contribution in [3.8, 4) is 16.9 Å². The number of aryl methyl sites for hydroxylation is 1. The fraction of sp³-hybridized carbons (Fsp3) is 0.367. The lowest BCUT2D eigenvalue weighted by molar-refractivity contribution is -0.138. The quantitative estimate of drug-likeness (QED) is 0.345. The van der Waals surface area contributed by atoms with Crippen molar-refractivity contribution >= 4 is 30.5 Å². The second-order valence-corrected chi connectivity index (χ2v) is 14.8. The number of rotatable bonds is 7. The molecule has 9 nitrogen and oxygen atoms in total. The zero-order chi connectivity index (χ0) is 30.9. The third kappa shape index (κ3) is 7.62. The van der Waals surface area contributed by atoms with Crippen LogP contribution in [0.1, 0.15) is 27.0 Å². The summed E-state index contributed by atoms with van der Waals surface area (Å²) in [5.41, 5.74) is 1.82. The monoisotopic (exact) mass is 615 g/mol. The van der Waals surface area contributed by atoms with Crippen molar-refractivity contribution < 1.29 is 32.1 Å². The summed E-state index contributed by atoms with van der Waals surface area (Å²) >= 11 is 0. The summed E-state index contributed by atoms with van der Waals surface area (Å²) in [4.78, 5) is 33.0. The molecule has 0 bridgehead atoms. The first-order valence-corrected chi connectivity index (χ1v) is 16.6. The number of aromatic nitrogens is 1. The fourth-order valence-corrected chi connectivity index (χ4v) is 6.50. The van der Waals surface area contributed by atoms with Crippen LogP contribution >= 0.6 is 7.14 Å². The van der Waals surface area contributed by atoms with Gasteiger partial charge in [0.25, 0.3) is 11.8 Å². The molecule has 5 rings (SSSR count). The van der Waals surface area contributed by atoms with Crippen molar-refractivity contribution in [3.05, 3.63) is 70.9 Å². The van der Waals surface area contributed by atoms with Gasteiger partial charge in [-0.3, -0.25) is 19.4 Å². The highest BCUT2D eigenvalue weighted by Crippen LogP contribution is 2.38. The van der Waals surface area contributed by atoms with Gasteiger partial charge < -0.3 is 19.9 Å². The number of hydrogen-bond acceptors (Lipinski definition) is 7. The SMILES string of the molecule is Cc1ccc(C(=O)Nc2ccc(CN3CCN(CP(C)(C)=O)CC3)c(C(F)(F)F)c2)cc1-c1cnc2c(c1)OCC(=O)N2. The van der Waals surface area contributed by atoms with Crippen LogP contribution in [0.5, 0.6) is 5.75 Å². The van der Waals surface area contributed by atoms with Gasteiger partial charge in [-0.2, -0.15) is 13.2 Å². The largest absolute Gasteiger partial charge is 0.480 e. The Labute approximate surface area is 247 Å². The van der Waals surface area contributed by atoms with Crippen molar-refractivity contribution in [1.82, 2.24) is 14.8 Å². The van der Waals surface area contributed by atoms with Gasteiger partial charge in [0, 0.05) is 55.7 Å². The first-order chi connectivity index (χ1) is 20.2. The third-order valence-electron chi connectivity index (χ3n) is 7.35. The molecule has 3 aromatic rings. The smallest absolute Gasteiger partial charge is 0.416 e. The van der Waals surface area contributed by atoms with E-state index in [1.807, 2.05) is 11.8 Å². The van der Waals surface area contributed by atoms with Gasteiger partial charge in [0.05, 0.1) is 19.0 Å². The van der Waals surface area contributed by atoms with Crippen LogP contribution in [0.2, 0.25) is 0 Å². The summed E-state index contributed by atoms with van der Waals surface area (Å²) < 4.78 is 59.9. The van der Waals surface area contributed by atoms with Gasteiger partial charge in [0.2, 0.25) is 0 Å². The summed E-state index contributed by atoms with van der Waals surface area (Å²) in [5.74, 6) is -0.149. The van der Waals surface area contributed by atoms with Crippen LogP contribution in [0.3, 0.4) is 0 Å². The van der Waals surface area contributed by atoms with Crippen LogP contribution in [-0.2, 0) is 22.1 Å². The molecule has 1 saturated heterocycles. The second-order valence-electron chi connectivity index (χ2n) is 11.4. The molecular formula is C30H33F3N5O4P. The van der Waals surface area contributed by atoms with Crippen molar-refractivity contribution in [2.45, 2.75) is 19.6 Å². The van der Waals surface area contributed by atoms with Crippen molar-refractivity contribution in [3.63, 3.8) is 0 Å². The van der Waals surface area contributed by atoms with E-state index < -0.39 is 24.8 Å². The topological polar surface area (TPSA) is 104 Å². The van der Waals surface area contributed by atoms with E-state index in [9.17, 15) is 27.3 Å². The Morgan fingerprint density at radius 1 is 1.07 bits per heavy atom. The zero-order valence-corrected chi connectivity index (χ0v) is 25.0. The minimum atomic E-state index is -4.60. The highest BCUT2D eigenvalue weighted by atomic mass is 31.2. The molecule has 0 unspecified atom stereocenters. The maximum atomic E-state index is 14.1. The number of carbonyl (C=O) groups is 2. The van der Waals surface area contributed by atoms with Crippen LogP contribution in [0.15, 0.2) is 48.7 Å². The van der Waals surface area contributed by atoms with Gasteiger partial charge in [-0.05, 0) is 67.3 Å². The normalized spacial score (nSPS) is 16.3. The number of piperazine rings is 1. The number of anilines is 2. The van der Waals surface area contributed by atoms with Crippen LogP contribution < -0.4 is 15.4 Å². The average Bonchev–Trinajstić information content (AvgIpc) is 2.93. The molecule has 2 N–H and O–H groups in total. The van der Waals surface area contributed by atoms with Gasteiger partial charge in [0.15, 0.2) is 18.2 Å². The molecule has 2 aromatic carbocycles. The number of alkyl halides is 3. The Bertz CT molecular complexity index is 1600. The molecular weight excluding hydrogens is 582 g/mol. The molecule has 228 valence electrons. The second kappa shape index (κ2) is 12.1. The Morgan fingerprint density at radius 2 is 1.79 bits per heavy atom. The number of carbonyl (C=O) groups excluding carboxylic acids is 2. The van der Waals surface area contributed by atoms with E-state index in [0.717, 1.165) is 11.6 Å². The minimum absolute atomic E-state index is 0.0363. The zero-order valence-electron chi connectivity index (χ0n) is 24.1. The number of hydrogen-bond donors (Lipinski definition) is 2. The summed E-state index contributed by atoms with van der Waals surface area (Å²) in [7, 11) is -2.21. The Morgan fingerprint density at radius 3 is 2.49 bits per heavy atom. The minimum Gasteiger partial charge on any atom is -0.480 e. The summed E-state index contributed by atoms with van der Waals surface area (Å²) in [6.45, 7) is 7.76. The van der Waals surface area contributed by atoms with E-state index >= 15 is 0 Å². The molecule has 2 aliphatic heterocycles. The van der Waals surface area contributed by atoms with Crippen LogP contribution in [0, 0.1) is 6.92 Å². The lowest BCUT2D eigenvalue weighted by atomic mass is 9.98. The number of ether oxygens (including phenoxy) is 1. The Kier molecular flexibility index (Phi) is 8.65. The van der Waals surface area contributed by atoms with Gasteiger partial charge >= 0.3 is 6.18 Å². The molecule has 3 heterocycles. The standard InChI is InChI=1S/C30H33F3N5O4P/c1-19-4-5-20(12-24(19)22-13-26-28(34-15-22)36-27(39)17-42-26)29(40)35-23-7-6-21(25(14-23)30(31,32)33)16-37-8-10-38(11-9-37)18-43(2,3)41/h4-7,12-15H,8-11,16-18H2,1-3H3,(H,35,40)(H,34,36,39). The highest BCUT2D eigenvalue weighted by Gasteiger charge is 2.34. The molecule has 0 spiro atoms. The maximum Gasteiger partial charge on any atom is 0.416 e. The molecule has 0 atom stereocenters. The number of nitrogens with one attached hydrogen (secondary N) is 2. The number of pyridine rings is 1. The van der Waals surface area contributed by atoms with E-state index in [4.69, 9.17) is 4.74 Å². The predicted molar refractivity (Wildman–Crippen MR) is 159 cm³/mol. The average molecular weight is 616 g/mol. The van der Waals surface area contributed by atoms with E-state index in [0.29, 0.717) is 55.2 Å². The summed E-state index contributed by atoms with van der Waals surface area (Å²) in [6, 6.07) is 10.6. The Hall–Kier alpha value is -3.73. The predicted octanol–water partition coefficient (Wildman–Crippen LogP) is 5.36. The molecule has 13 heteroatoms. The number of amides is 2. The van der Waals surface area contributed by atoms with E-state index in [-0.39, 0.29) is 35.9 Å². The van der Waals surface area contributed by atoms with Gasteiger partial charge in [-0.15, -0.1) is 0 Å². The third-order valence-corrected chi connectivity index (χ3v) is 8.43. The first-order valence-electron chi connectivity index (χ1n) is 13.8. The molecule has 0 saturated carbocycles. The molecule has 2 aliphatic rings. The molecule has 1 aromatic heterocycles. The van der Waals surface area contributed by atoms with Crippen molar-refractivity contribution in [2.24, 2.45) is 0 Å². The van der Waals surface area contributed by atoms with Crippen LogP contribution in [0.25, 0.3) is 11.1 Å². The Balaban J connectivity index is 1.31. The summed E-state index contributed by atoms with van der Waals surface area (Å²) in [5, 5.41) is 5.24. The van der Waals surface area contributed by atoms with Crippen LogP contribution in [-0.4, -0.2) is 79.0 Å².